The van der Waals surface area contributed by atoms with Gasteiger partial charge in [0, 0.05) is 0 Å². The zero-order valence-corrected chi connectivity index (χ0v) is 16.3. The Labute approximate surface area is 166 Å². The second-order valence-electron chi connectivity index (χ2n) is 6.00. The molecule has 0 heterocycles. The Hall–Kier alpha value is -2.62. The van der Waals surface area contributed by atoms with Crippen molar-refractivity contribution in [1.82, 2.24) is 5.32 Å². The van der Waals surface area contributed by atoms with E-state index < -0.39 is 35.3 Å². The first-order valence-corrected chi connectivity index (χ1v) is 9.68. The number of ether oxygens (including phenoxy) is 1. The monoisotopic (exact) mass is 406 g/mol. The molecule has 150 valence electrons. The number of hydrogen-bond donors (Lipinski definition) is 3. The van der Waals surface area contributed by atoms with Crippen molar-refractivity contribution in [2.75, 3.05) is 20.0 Å². The van der Waals surface area contributed by atoms with Crippen LogP contribution in [0.1, 0.15) is 28.4 Å². The molecule has 0 aromatic heterocycles. The van der Waals surface area contributed by atoms with Gasteiger partial charge in [-0.25, -0.2) is 0 Å². The van der Waals surface area contributed by atoms with E-state index in [2.05, 4.69) is 5.32 Å². The van der Waals surface area contributed by atoms with Crippen LogP contribution in [-0.2, 0) is 0 Å². The number of rotatable bonds is 9. The molecule has 3 N–H and O–H groups in total. The number of methoxy groups -OCH3 is 1. The van der Waals surface area contributed by atoms with Crippen LogP contribution in [0.25, 0.3) is 0 Å². The lowest BCUT2D eigenvalue weighted by atomic mass is 10.0. The summed E-state index contributed by atoms with van der Waals surface area (Å²) < 4.78 is 5.14. The number of nitrogens with one attached hydrogen (secondary N) is 1. The Kier molecular flexibility index (Phi) is 7.80. The van der Waals surface area contributed by atoms with Gasteiger partial charge in [0.2, 0.25) is 0 Å². The van der Waals surface area contributed by atoms with Crippen molar-refractivity contribution in [3.63, 3.8) is 0 Å². The third-order valence-corrected chi connectivity index (χ3v) is 4.95. The SMILES string of the molecule is COc1cc([N+](=O)[O-])c(C(=O)N[C@H](CO)C[C@@H](O)c2ccccc2)cc1SC. The number of thioether (sulfide) groups is 1. The fourth-order valence-electron chi connectivity index (χ4n) is 2.72. The summed E-state index contributed by atoms with van der Waals surface area (Å²) in [5.41, 5.74) is 0.116. The first-order valence-electron chi connectivity index (χ1n) is 8.46. The maximum absolute atomic E-state index is 12.7. The maximum atomic E-state index is 12.7. The molecule has 2 rings (SSSR count). The van der Waals surface area contributed by atoms with Gasteiger partial charge in [0.1, 0.15) is 11.3 Å². The van der Waals surface area contributed by atoms with Crippen LogP contribution in [0.4, 0.5) is 5.69 Å². The van der Waals surface area contributed by atoms with Crippen molar-refractivity contribution in [2.45, 2.75) is 23.5 Å². The number of aliphatic hydroxyl groups excluding tert-OH is 2. The van der Waals surface area contributed by atoms with Crippen molar-refractivity contribution in [2.24, 2.45) is 0 Å². The topological polar surface area (TPSA) is 122 Å². The van der Waals surface area contributed by atoms with Crippen LogP contribution in [0, 0.1) is 10.1 Å². The quantitative estimate of drug-likeness (QED) is 0.332. The largest absolute Gasteiger partial charge is 0.495 e. The fourth-order valence-corrected chi connectivity index (χ4v) is 3.30. The summed E-state index contributed by atoms with van der Waals surface area (Å²) in [7, 11) is 1.39. The van der Waals surface area contributed by atoms with Crippen molar-refractivity contribution < 1.29 is 24.7 Å². The van der Waals surface area contributed by atoms with Crippen LogP contribution in [0.2, 0.25) is 0 Å². The predicted molar refractivity (Wildman–Crippen MR) is 106 cm³/mol. The number of nitro groups is 1. The van der Waals surface area contributed by atoms with Gasteiger partial charge in [-0.15, -0.1) is 11.8 Å². The number of aliphatic hydroxyl groups is 2. The molecule has 8 nitrogen and oxygen atoms in total. The third-order valence-electron chi connectivity index (χ3n) is 4.19. The minimum Gasteiger partial charge on any atom is -0.495 e. The Morgan fingerprint density at radius 1 is 1.32 bits per heavy atom. The molecular formula is C19H22N2O6S. The molecule has 0 fully saturated rings. The molecule has 9 heteroatoms. The number of amides is 1. The van der Waals surface area contributed by atoms with Gasteiger partial charge in [-0.1, -0.05) is 30.3 Å². The van der Waals surface area contributed by atoms with Gasteiger partial charge in [0.25, 0.3) is 11.6 Å². The summed E-state index contributed by atoms with van der Waals surface area (Å²) in [4.78, 5) is 24.0. The summed E-state index contributed by atoms with van der Waals surface area (Å²) in [5.74, 6) is -0.405. The molecule has 0 saturated carbocycles. The Bertz CT molecular complexity index is 831. The molecule has 0 aliphatic rings. The van der Waals surface area contributed by atoms with Crippen molar-refractivity contribution >= 4 is 23.4 Å². The maximum Gasteiger partial charge on any atom is 0.285 e. The highest BCUT2D eigenvalue weighted by molar-refractivity contribution is 7.98. The minimum absolute atomic E-state index is 0.0611. The standard InChI is InChI=1S/C19H22N2O6S/c1-27-17-10-15(21(25)26)14(9-18(17)28-2)19(24)20-13(11-22)8-16(23)12-6-4-3-5-7-12/h3-7,9-10,13,16,22-23H,8,11H2,1-2H3,(H,20,24)/t13-,16+/m0/s1. The number of carbonyl (C=O) groups excluding carboxylic acids is 1. The van der Waals surface area contributed by atoms with Gasteiger partial charge in [-0.3, -0.25) is 14.9 Å². The van der Waals surface area contributed by atoms with Crippen LogP contribution in [-0.4, -0.2) is 47.1 Å². The lowest BCUT2D eigenvalue weighted by Crippen LogP contribution is -2.39. The molecule has 0 unspecified atom stereocenters. The lowest BCUT2D eigenvalue weighted by Gasteiger charge is -2.20. The van der Waals surface area contributed by atoms with Gasteiger partial charge in [0.15, 0.2) is 0 Å². The van der Waals surface area contributed by atoms with E-state index in [0.29, 0.717) is 16.2 Å². The summed E-state index contributed by atoms with van der Waals surface area (Å²) >= 11 is 1.29. The average Bonchev–Trinajstić information content (AvgIpc) is 2.72. The Balaban J connectivity index is 2.23. The van der Waals surface area contributed by atoms with Crippen molar-refractivity contribution in [3.8, 4) is 5.75 Å². The fraction of sp³-hybridized carbons (Fsp3) is 0.316. The number of hydrogen-bond acceptors (Lipinski definition) is 7. The number of nitrogens with zero attached hydrogens (tertiary/aromatic N) is 1. The van der Waals surface area contributed by atoms with Crippen LogP contribution in [0.3, 0.4) is 0 Å². The van der Waals surface area contributed by atoms with Crippen LogP contribution < -0.4 is 10.1 Å². The molecule has 1 amide bonds. The van der Waals surface area contributed by atoms with E-state index in [0.717, 1.165) is 0 Å². The smallest absolute Gasteiger partial charge is 0.285 e. The first kappa shape index (κ1) is 21.7. The third kappa shape index (κ3) is 5.22. The van der Waals surface area contributed by atoms with Crippen molar-refractivity contribution in [3.05, 3.63) is 63.7 Å². The first-order chi connectivity index (χ1) is 13.4. The normalized spacial score (nSPS) is 12.9. The van der Waals surface area contributed by atoms with Crippen molar-refractivity contribution in [1.29, 1.82) is 0 Å². The predicted octanol–water partition coefficient (Wildman–Crippen LogP) is 2.54. The van der Waals surface area contributed by atoms with E-state index in [1.165, 1.54) is 31.0 Å². The minimum atomic E-state index is -0.897. The molecule has 28 heavy (non-hydrogen) atoms. The van der Waals surface area contributed by atoms with Gasteiger partial charge >= 0.3 is 0 Å². The number of benzene rings is 2. The summed E-state index contributed by atoms with van der Waals surface area (Å²) in [6.07, 6.45) is 0.926. The molecular weight excluding hydrogens is 384 g/mol. The average molecular weight is 406 g/mol. The molecule has 0 spiro atoms. The van der Waals surface area contributed by atoms with E-state index >= 15 is 0 Å². The van der Waals surface area contributed by atoms with E-state index in [1.54, 1.807) is 30.5 Å². The van der Waals surface area contributed by atoms with E-state index in [4.69, 9.17) is 4.74 Å². The van der Waals surface area contributed by atoms with Crippen LogP contribution in [0.5, 0.6) is 5.75 Å². The van der Waals surface area contributed by atoms with E-state index in [1.807, 2.05) is 6.07 Å². The van der Waals surface area contributed by atoms with Crippen LogP contribution in [0.15, 0.2) is 47.4 Å². The van der Waals surface area contributed by atoms with Gasteiger partial charge in [-0.05, 0) is 24.3 Å². The number of nitro benzene ring substituents is 1. The highest BCUT2D eigenvalue weighted by atomic mass is 32.2. The van der Waals surface area contributed by atoms with Crippen LogP contribution >= 0.6 is 11.8 Å². The van der Waals surface area contributed by atoms with Gasteiger partial charge < -0.3 is 20.3 Å². The highest BCUT2D eigenvalue weighted by Crippen LogP contribution is 2.34. The molecule has 2 atom stereocenters. The second kappa shape index (κ2) is 10.1. The molecule has 0 radical (unpaired) electrons. The zero-order valence-electron chi connectivity index (χ0n) is 15.5. The summed E-state index contributed by atoms with van der Waals surface area (Å²) in [6, 6.07) is 10.6. The molecule has 0 aliphatic heterocycles. The summed E-state index contributed by atoms with van der Waals surface area (Å²) in [5, 5.41) is 33.9. The summed E-state index contributed by atoms with van der Waals surface area (Å²) in [6.45, 7) is -0.422. The van der Waals surface area contributed by atoms with E-state index in [-0.39, 0.29) is 12.0 Å². The molecule has 2 aromatic carbocycles. The van der Waals surface area contributed by atoms with E-state index in [9.17, 15) is 25.1 Å². The highest BCUT2D eigenvalue weighted by Gasteiger charge is 2.26. The Morgan fingerprint density at radius 3 is 2.54 bits per heavy atom. The van der Waals surface area contributed by atoms with Gasteiger partial charge in [0.05, 0.1) is 41.7 Å². The van der Waals surface area contributed by atoms with Gasteiger partial charge in [-0.2, -0.15) is 0 Å². The molecule has 0 saturated heterocycles. The lowest BCUT2D eigenvalue weighted by molar-refractivity contribution is -0.385. The molecule has 2 aromatic rings. The molecule has 0 aliphatic carbocycles. The Morgan fingerprint density at radius 2 is 2.00 bits per heavy atom. The second-order valence-corrected chi connectivity index (χ2v) is 6.84. The molecule has 0 bridgehead atoms. The number of carbonyl (C=O) groups is 1. The zero-order chi connectivity index (χ0) is 20.7.